The third kappa shape index (κ3) is 7.88. The Balaban J connectivity index is 1.41. The average Bonchev–Trinajstić information content (AvgIpc) is 3.10. The molecule has 1 fully saturated rings. The Labute approximate surface area is 262 Å². The first-order chi connectivity index (χ1) is 21.8. The van der Waals surface area contributed by atoms with E-state index in [0.717, 1.165) is 24.0 Å². The molecular formula is C38H35NO6. The van der Waals surface area contributed by atoms with Crippen LogP contribution in [0.5, 0.6) is 0 Å². The van der Waals surface area contributed by atoms with E-state index < -0.39 is 24.5 Å². The Bertz CT molecular complexity index is 1680. The fourth-order valence-electron chi connectivity index (χ4n) is 5.63. The zero-order valence-electron chi connectivity index (χ0n) is 24.8. The number of carbonyl (C=O) groups is 4. The van der Waals surface area contributed by atoms with Crippen molar-refractivity contribution in [3.63, 3.8) is 0 Å². The number of rotatable bonds is 11. The fourth-order valence-corrected chi connectivity index (χ4v) is 5.63. The first-order valence-electron chi connectivity index (χ1n) is 15.2. The number of aliphatic carboxylic acids is 1. The van der Waals surface area contributed by atoms with E-state index in [1.165, 1.54) is 55.2 Å². The molecular weight excluding hydrogens is 566 g/mol. The average molecular weight is 602 g/mol. The maximum Gasteiger partial charge on any atom is 0.334 e. The van der Waals surface area contributed by atoms with Crippen LogP contribution in [0.25, 0.3) is 16.7 Å². The molecule has 228 valence electrons. The second-order valence-electron chi connectivity index (χ2n) is 11.3. The van der Waals surface area contributed by atoms with E-state index in [0.29, 0.717) is 17.0 Å². The van der Waals surface area contributed by atoms with Crippen molar-refractivity contribution < 1.29 is 29.4 Å². The molecule has 0 aliphatic heterocycles. The van der Waals surface area contributed by atoms with E-state index in [1.807, 2.05) is 66.7 Å². The van der Waals surface area contributed by atoms with Crippen molar-refractivity contribution in [2.24, 2.45) is 0 Å². The second-order valence-corrected chi connectivity index (χ2v) is 11.3. The maximum absolute atomic E-state index is 13.9. The van der Waals surface area contributed by atoms with E-state index in [2.05, 4.69) is 5.32 Å². The third-order valence-corrected chi connectivity index (χ3v) is 8.25. The van der Waals surface area contributed by atoms with Gasteiger partial charge in [-0.25, -0.2) is 4.79 Å². The van der Waals surface area contributed by atoms with Gasteiger partial charge in [-0.1, -0.05) is 110 Å². The Morgan fingerprint density at radius 2 is 1.24 bits per heavy atom. The zero-order valence-corrected chi connectivity index (χ0v) is 24.8. The first kappa shape index (κ1) is 31.3. The van der Waals surface area contributed by atoms with Crippen molar-refractivity contribution in [3.05, 3.63) is 137 Å². The summed E-state index contributed by atoms with van der Waals surface area (Å²) in [6.07, 6.45) is 5.63. The molecule has 7 nitrogen and oxygen atoms in total. The summed E-state index contributed by atoms with van der Waals surface area (Å²) in [6.45, 7) is -0.451. The number of hydrogen-bond donors (Lipinski definition) is 3. The highest BCUT2D eigenvalue weighted by Gasteiger charge is 2.20. The number of carboxylic acids is 1. The second kappa shape index (κ2) is 14.6. The van der Waals surface area contributed by atoms with E-state index in [9.17, 15) is 24.3 Å². The normalized spacial score (nSPS) is 14.4. The third-order valence-electron chi connectivity index (χ3n) is 8.25. The summed E-state index contributed by atoms with van der Waals surface area (Å²) in [5, 5.41) is 20.6. The number of ketones is 2. The van der Waals surface area contributed by atoms with Gasteiger partial charge in [0.05, 0.1) is 6.54 Å². The molecule has 0 saturated heterocycles. The van der Waals surface area contributed by atoms with Crippen molar-refractivity contribution in [1.29, 1.82) is 0 Å². The zero-order chi connectivity index (χ0) is 31.8. The molecule has 4 aromatic carbocycles. The standard InChI is InChI=1S/C38H35NO6/c40-34(30-17-13-28(14-18-30)26-9-5-2-6-10-26)23-33(29-15-11-27(12-16-29)25-7-3-1-4-8-25)36(42)31-19-21-32(22-20-31)37(43)39-24-35(41)38(44)45/h2,5-6,9-23,25,35,41H,1,3-4,7-8,24H2,(H,39,43)(H,44,45)/b33-23+. The number of carboxylic acid groups (broad SMARTS) is 1. The number of allylic oxidation sites excluding steroid dienone is 2. The number of hydrogen-bond acceptors (Lipinski definition) is 5. The lowest BCUT2D eigenvalue weighted by Gasteiger charge is -2.22. The Kier molecular flexibility index (Phi) is 10.1. The highest BCUT2D eigenvalue weighted by atomic mass is 16.4. The van der Waals surface area contributed by atoms with E-state index in [1.54, 1.807) is 12.1 Å². The van der Waals surface area contributed by atoms with E-state index >= 15 is 0 Å². The number of nitrogens with one attached hydrogen (secondary N) is 1. The summed E-state index contributed by atoms with van der Waals surface area (Å²) >= 11 is 0. The fraction of sp³-hybridized carbons (Fsp3) is 0.211. The predicted octanol–water partition coefficient (Wildman–Crippen LogP) is 6.73. The largest absolute Gasteiger partial charge is 0.479 e. The molecule has 0 bridgehead atoms. The molecule has 1 unspecified atom stereocenters. The van der Waals surface area contributed by atoms with Crippen molar-refractivity contribution in [1.82, 2.24) is 5.32 Å². The molecule has 0 spiro atoms. The number of amides is 1. The van der Waals surface area contributed by atoms with Gasteiger partial charge in [-0.05, 0) is 59.2 Å². The molecule has 0 radical (unpaired) electrons. The molecule has 1 atom stereocenters. The summed E-state index contributed by atoms with van der Waals surface area (Å²) in [4.78, 5) is 50.6. The lowest BCUT2D eigenvalue weighted by atomic mass is 9.83. The summed E-state index contributed by atoms with van der Waals surface area (Å²) < 4.78 is 0. The van der Waals surface area contributed by atoms with Crippen molar-refractivity contribution in [2.75, 3.05) is 6.54 Å². The van der Waals surface area contributed by atoms with Gasteiger partial charge in [0.25, 0.3) is 5.91 Å². The van der Waals surface area contributed by atoms with Crippen molar-refractivity contribution >= 4 is 29.0 Å². The topological polar surface area (TPSA) is 121 Å². The Morgan fingerprint density at radius 3 is 1.87 bits per heavy atom. The summed E-state index contributed by atoms with van der Waals surface area (Å²) in [7, 11) is 0. The minimum Gasteiger partial charge on any atom is -0.479 e. The van der Waals surface area contributed by atoms with Gasteiger partial charge in [0.2, 0.25) is 0 Å². The molecule has 1 amide bonds. The van der Waals surface area contributed by atoms with Crippen LogP contribution in [-0.2, 0) is 4.79 Å². The van der Waals surface area contributed by atoms with Crippen LogP contribution in [-0.4, -0.2) is 46.3 Å². The number of aliphatic hydroxyl groups excluding tert-OH is 1. The highest BCUT2D eigenvalue weighted by molar-refractivity contribution is 6.32. The quantitative estimate of drug-likeness (QED) is 0.130. The van der Waals surface area contributed by atoms with Gasteiger partial charge in [-0.2, -0.15) is 0 Å². The van der Waals surface area contributed by atoms with Crippen LogP contribution in [0.4, 0.5) is 0 Å². The summed E-state index contributed by atoms with van der Waals surface area (Å²) in [5.41, 5.74) is 5.05. The van der Waals surface area contributed by atoms with Gasteiger partial charge in [0.1, 0.15) is 0 Å². The summed E-state index contributed by atoms with van der Waals surface area (Å²) in [6, 6.07) is 30.9. The number of Topliss-reactive ketones (excluding diaryl/α,β-unsaturated/α-hetero) is 1. The van der Waals surface area contributed by atoms with Crippen LogP contribution in [0.1, 0.15) is 80.2 Å². The van der Waals surface area contributed by atoms with Crippen LogP contribution < -0.4 is 5.32 Å². The Morgan fingerprint density at radius 1 is 0.689 bits per heavy atom. The van der Waals surface area contributed by atoms with E-state index in [4.69, 9.17) is 5.11 Å². The van der Waals surface area contributed by atoms with Gasteiger partial charge in [-0.15, -0.1) is 0 Å². The van der Waals surface area contributed by atoms with Crippen LogP contribution in [0.15, 0.2) is 109 Å². The monoisotopic (exact) mass is 601 g/mol. The predicted molar refractivity (Wildman–Crippen MR) is 173 cm³/mol. The molecule has 45 heavy (non-hydrogen) atoms. The number of benzene rings is 4. The van der Waals surface area contributed by atoms with Crippen LogP contribution in [0.2, 0.25) is 0 Å². The Hall–Kier alpha value is -5.14. The highest BCUT2D eigenvalue weighted by Crippen LogP contribution is 2.33. The van der Waals surface area contributed by atoms with Gasteiger partial charge >= 0.3 is 5.97 Å². The van der Waals surface area contributed by atoms with Gasteiger partial charge in [0.15, 0.2) is 17.7 Å². The minimum atomic E-state index is -1.72. The van der Waals surface area contributed by atoms with Crippen molar-refractivity contribution in [2.45, 2.75) is 44.1 Å². The lowest BCUT2D eigenvalue weighted by Crippen LogP contribution is -2.36. The van der Waals surface area contributed by atoms with Crippen molar-refractivity contribution in [3.8, 4) is 11.1 Å². The summed E-state index contributed by atoms with van der Waals surface area (Å²) in [5.74, 6) is -2.21. The molecule has 1 aliphatic carbocycles. The maximum atomic E-state index is 13.9. The van der Waals surface area contributed by atoms with Crippen LogP contribution >= 0.6 is 0 Å². The molecule has 3 N–H and O–H groups in total. The lowest BCUT2D eigenvalue weighted by molar-refractivity contribution is -0.146. The van der Waals surface area contributed by atoms with Crippen LogP contribution in [0, 0.1) is 0 Å². The van der Waals surface area contributed by atoms with Gasteiger partial charge in [0, 0.05) is 22.3 Å². The molecule has 7 heteroatoms. The molecule has 0 aromatic heterocycles. The molecule has 4 aromatic rings. The molecule has 0 heterocycles. The SMILES string of the molecule is O=C(/C=C(/C(=O)c1ccc(C(=O)NCC(O)C(=O)O)cc1)c1ccc(C2CCCCC2)cc1)c1ccc(-c2ccccc2)cc1. The van der Waals surface area contributed by atoms with Gasteiger partial charge < -0.3 is 15.5 Å². The van der Waals surface area contributed by atoms with E-state index in [-0.39, 0.29) is 28.3 Å². The molecule has 5 rings (SSSR count). The first-order valence-corrected chi connectivity index (χ1v) is 15.2. The number of aliphatic hydroxyl groups is 1. The smallest absolute Gasteiger partial charge is 0.334 e. The number of carbonyl (C=O) groups excluding carboxylic acids is 3. The van der Waals surface area contributed by atoms with Crippen LogP contribution in [0.3, 0.4) is 0 Å². The molecule has 1 aliphatic rings. The van der Waals surface area contributed by atoms with Gasteiger partial charge in [-0.3, -0.25) is 14.4 Å². The molecule has 1 saturated carbocycles. The minimum absolute atomic E-state index is 0.195.